The van der Waals surface area contributed by atoms with Crippen LogP contribution in [0.4, 0.5) is 9.18 Å². The Morgan fingerprint density at radius 2 is 1.42 bits per heavy atom. The lowest BCUT2D eigenvalue weighted by molar-refractivity contribution is -0.125. The van der Waals surface area contributed by atoms with Gasteiger partial charge in [-0.1, -0.05) is 66.7 Å². The van der Waals surface area contributed by atoms with Gasteiger partial charge < -0.3 is 9.64 Å². The lowest BCUT2D eigenvalue weighted by atomic mass is 9.85. The highest BCUT2D eigenvalue weighted by molar-refractivity contribution is 5.82. The molecule has 1 aliphatic carbocycles. The van der Waals surface area contributed by atoms with Crippen LogP contribution in [0.2, 0.25) is 0 Å². The van der Waals surface area contributed by atoms with Crippen LogP contribution in [0.1, 0.15) is 54.7 Å². The van der Waals surface area contributed by atoms with E-state index >= 15 is 0 Å². The summed E-state index contributed by atoms with van der Waals surface area (Å²) in [6.07, 6.45) is 3.68. The molecule has 1 amide bonds. The minimum Gasteiger partial charge on any atom is -0.448 e. The maximum absolute atomic E-state index is 13.9. The third-order valence-electron chi connectivity index (χ3n) is 8.33. The summed E-state index contributed by atoms with van der Waals surface area (Å²) in [5.74, 6) is -0.0961. The summed E-state index contributed by atoms with van der Waals surface area (Å²) in [5.41, 5.74) is 5.42. The van der Waals surface area contributed by atoms with Crippen LogP contribution < -0.4 is 0 Å². The van der Waals surface area contributed by atoms with E-state index in [1.165, 1.54) is 28.3 Å². The van der Waals surface area contributed by atoms with Gasteiger partial charge in [0, 0.05) is 30.3 Å². The molecule has 0 spiro atoms. The number of ketones is 1. The van der Waals surface area contributed by atoms with E-state index in [0.717, 1.165) is 12.8 Å². The summed E-state index contributed by atoms with van der Waals surface area (Å²) >= 11 is 0. The highest BCUT2D eigenvalue weighted by Gasteiger charge is 2.46. The zero-order chi connectivity index (χ0) is 24.6. The quantitative estimate of drug-likeness (QED) is 0.401. The fourth-order valence-corrected chi connectivity index (χ4v) is 6.57. The van der Waals surface area contributed by atoms with Crippen molar-refractivity contribution >= 4 is 11.9 Å². The molecule has 2 heterocycles. The van der Waals surface area contributed by atoms with Crippen molar-refractivity contribution in [1.82, 2.24) is 4.90 Å². The second-order valence-electron chi connectivity index (χ2n) is 10.3. The molecule has 0 aromatic heterocycles. The Labute approximate surface area is 211 Å². The van der Waals surface area contributed by atoms with Crippen LogP contribution in [0.15, 0.2) is 72.8 Å². The molecule has 0 radical (unpaired) electrons. The third kappa shape index (κ3) is 4.11. The van der Waals surface area contributed by atoms with E-state index in [-0.39, 0.29) is 41.6 Å². The molecule has 2 atom stereocenters. The van der Waals surface area contributed by atoms with Gasteiger partial charge in [0.05, 0.1) is 0 Å². The van der Waals surface area contributed by atoms with Gasteiger partial charge in [-0.2, -0.15) is 0 Å². The van der Waals surface area contributed by atoms with Crippen LogP contribution in [0.5, 0.6) is 0 Å². The molecule has 2 bridgehead atoms. The molecule has 0 saturated carbocycles. The smallest absolute Gasteiger partial charge is 0.410 e. The summed E-state index contributed by atoms with van der Waals surface area (Å²) in [6, 6.07) is 23.4. The van der Waals surface area contributed by atoms with Crippen molar-refractivity contribution < 1.29 is 18.7 Å². The van der Waals surface area contributed by atoms with E-state index < -0.39 is 0 Å². The zero-order valence-corrected chi connectivity index (χ0v) is 20.2. The molecule has 3 aliphatic rings. The number of piperidine rings is 1. The highest BCUT2D eigenvalue weighted by Crippen LogP contribution is 2.45. The van der Waals surface area contributed by atoms with Crippen molar-refractivity contribution in [3.8, 4) is 11.1 Å². The Morgan fingerprint density at radius 3 is 2.06 bits per heavy atom. The average molecular weight is 484 g/mol. The number of Topliss-reactive ketones (excluding diaryl/α,β-unsaturated/α-hetero) is 1. The molecule has 184 valence electrons. The normalized spacial score (nSPS) is 22.2. The SMILES string of the molecule is O=C(CCc1ccccc1F)C1CC2CCC(C1)N2C(=O)OCC1c2ccccc2-c2ccccc21. The van der Waals surface area contributed by atoms with Gasteiger partial charge in [-0.15, -0.1) is 0 Å². The molecule has 36 heavy (non-hydrogen) atoms. The van der Waals surface area contributed by atoms with Gasteiger partial charge in [-0.25, -0.2) is 9.18 Å². The van der Waals surface area contributed by atoms with Crippen LogP contribution in [-0.2, 0) is 16.0 Å². The van der Waals surface area contributed by atoms with Crippen LogP contribution in [0.25, 0.3) is 11.1 Å². The first-order valence-electron chi connectivity index (χ1n) is 13.0. The van der Waals surface area contributed by atoms with E-state index in [2.05, 4.69) is 24.3 Å². The lowest BCUT2D eigenvalue weighted by Gasteiger charge is -2.37. The number of aryl methyl sites for hydroxylation is 1. The van der Waals surface area contributed by atoms with Crippen LogP contribution in [0.3, 0.4) is 0 Å². The summed E-state index contributed by atoms with van der Waals surface area (Å²) in [4.78, 5) is 28.1. The zero-order valence-electron chi connectivity index (χ0n) is 20.2. The number of nitrogens with zero attached hydrogens (tertiary/aromatic N) is 1. The monoisotopic (exact) mass is 483 g/mol. The van der Waals surface area contributed by atoms with Crippen molar-refractivity contribution in [3.05, 3.63) is 95.3 Å². The molecule has 2 unspecified atom stereocenters. The summed E-state index contributed by atoms with van der Waals surface area (Å²) < 4.78 is 19.9. The van der Waals surface area contributed by atoms with Gasteiger partial charge >= 0.3 is 6.09 Å². The van der Waals surface area contributed by atoms with E-state index in [4.69, 9.17) is 4.74 Å². The second kappa shape index (κ2) is 9.53. The van der Waals surface area contributed by atoms with Crippen LogP contribution in [-0.4, -0.2) is 35.5 Å². The van der Waals surface area contributed by atoms with E-state index in [9.17, 15) is 14.0 Å². The predicted molar refractivity (Wildman–Crippen MR) is 136 cm³/mol. The maximum atomic E-state index is 13.9. The van der Waals surface area contributed by atoms with Crippen molar-refractivity contribution in [2.24, 2.45) is 5.92 Å². The minimum atomic E-state index is -0.262. The number of hydrogen-bond donors (Lipinski definition) is 0. The molecule has 3 aromatic carbocycles. The number of halogens is 1. The van der Waals surface area contributed by atoms with Gasteiger partial charge in [-0.05, 0) is 66.0 Å². The number of fused-ring (bicyclic) bond motifs is 5. The summed E-state index contributed by atoms with van der Waals surface area (Å²) in [6.45, 7) is 0.313. The lowest BCUT2D eigenvalue weighted by Crippen LogP contribution is -2.48. The molecule has 2 aliphatic heterocycles. The largest absolute Gasteiger partial charge is 0.448 e. The Morgan fingerprint density at radius 1 is 0.833 bits per heavy atom. The number of rotatable bonds is 6. The highest BCUT2D eigenvalue weighted by atomic mass is 19.1. The molecular weight excluding hydrogens is 453 g/mol. The predicted octanol–water partition coefficient (Wildman–Crippen LogP) is 6.52. The number of amides is 1. The first kappa shape index (κ1) is 23.0. The third-order valence-corrected chi connectivity index (χ3v) is 8.33. The van der Waals surface area contributed by atoms with Gasteiger partial charge in [0.1, 0.15) is 18.2 Å². The standard InChI is InChI=1S/C31H30FNO3/c32-29-12-6-1-7-20(29)13-16-30(34)21-17-22-14-15-23(18-21)33(22)31(35)36-19-28-26-10-4-2-8-24(26)25-9-3-5-11-27(25)28/h1-12,21-23,28H,13-19H2. The molecular formula is C31H30FNO3. The van der Waals surface area contributed by atoms with E-state index in [1.54, 1.807) is 18.2 Å². The molecule has 0 N–H and O–H groups in total. The van der Waals surface area contributed by atoms with Crippen molar-refractivity contribution in [1.29, 1.82) is 0 Å². The molecule has 2 saturated heterocycles. The van der Waals surface area contributed by atoms with Gasteiger partial charge in [0.2, 0.25) is 0 Å². The van der Waals surface area contributed by atoms with Crippen molar-refractivity contribution in [3.63, 3.8) is 0 Å². The Balaban J connectivity index is 1.08. The van der Waals surface area contributed by atoms with E-state index in [0.29, 0.717) is 37.9 Å². The maximum Gasteiger partial charge on any atom is 0.410 e. The van der Waals surface area contributed by atoms with Crippen LogP contribution >= 0.6 is 0 Å². The minimum absolute atomic E-state index is 0.0384. The van der Waals surface area contributed by atoms with Crippen LogP contribution in [0, 0.1) is 11.7 Å². The molecule has 5 heteroatoms. The van der Waals surface area contributed by atoms with Gasteiger partial charge in [0.25, 0.3) is 0 Å². The number of carbonyl (C=O) groups excluding carboxylic acids is 2. The molecule has 4 nitrogen and oxygen atoms in total. The van der Waals surface area contributed by atoms with Gasteiger partial charge in [-0.3, -0.25) is 4.79 Å². The molecule has 2 fully saturated rings. The van der Waals surface area contributed by atoms with Crippen molar-refractivity contribution in [2.75, 3.05) is 6.61 Å². The first-order chi connectivity index (χ1) is 17.6. The summed E-state index contributed by atoms with van der Waals surface area (Å²) in [5, 5.41) is 0. The Hall–Kier alpha value is -3.47. The molecule has 6 rings (SSSR count). The number of carbonyl (C=O) groups is 2. The summed E-state index contributed by atoms with van der Waals surface area (Å²) in [7, 11) is 0. The number of ether oxygens (including phenoxy) is 1. The number of hydrogen-bond acceptors (Lipinski definition) is 3. The molecule has 3 aromatic rings. The number of benzene rings is 3. The second-order valence-corrected chi connectivity index (χ2v) is 10.3. The fraction of sp³-hybridized carbons (Fsp3) is 0.355. The Kier molecular flexibility index (Phi) is 6.08. The van der Waals surface area contributed by atoms with Crippen molar-refractivity contribution in [2.45, 2.75) is 56.5 Å². The fourth-order valence-electron chi connectivity index (χ4n) is 6.57. The topological polar surface area (TPSA) is 46.6 Å². The van der Waals surface area contributed by atoms with E-state index in [1.807, 2.05) is 29.2 Å². The van der Waals surface area contributed by atoms with Gasteiger partial charge in [0.15, 0.2) is 0 Å². The first-order valence-corrected chi connectivity index (χ1v) is 13.0. The average Bonchev–Trinajstić information content (AvgIpc) is 3.37. The Bertz CT molecular complexity index is 1240.